The fourth-order valence-corrected chi connectivity index (χ4v) is 5.21. The van der Waals surface area contributed by atoms with Crippen molar-refractivity contribution in [3.05, 3.63) is 89.5 Å². The minimum absolute atomic E-state index is 0.0257. The van der Waals surface area contributed by atoms with E-state index >= 15 is 0 Å². The van der Waals surface area contributed by atoms with Gasteiger partial charge in [0.1, 0.15) is 11.5 Å². The summed E-state index contributed by atoms with van der Waals surface area (Å²) in [4.78, 5) is 14.5. The summed E-state index contributed by atoms with van der Waals surface area (Å²) in [5.41, 5.74) is 2.24. The van der Waals surface area contributed by atoms with E-state index in [9.17, 15) is 14.1 Å². The maximum Gasteiger partial charge on any atom is 0.194 e. The Labute approximate surface area is 184 Å². The van der Waals surface area contributed by atoms with Gasteiger partial charge in [-0.1, -0.05) is 50.1 Å². The molecule has 0 saturated heterocycles. The number of fused-ring (bicyclic) bond motifs is 1. The van der Waals surface area contributed by atoms with Crippen LogP contribution in [0.15, 0.2) is 77.7 Å². The summed E-state index contributed by atoms with van der Waals surface area (Å²) in [6.07, 6.45) is 3.26. The smallest absolute Gasteiger partial charge is 0.194 e. The third-order valence-corrected chi connectivity index (χ3v) is 6.79. The summed E-state index contributed by atoms with van der Waals surface area (Å²) < 4.78 is 19.0. The molecule has 1 N–H and O–H groups in total. The van der Waals surface area contributed by atoms with Crippen LogP contribution in [0, 0.1) is 0 Å². The molecule has 1 atom stereocenters. The summed E-state index contributed by atoms with van der Waals surface area (Å²) in [5, 5.41) is 9.90. The van der Waals surface area contributed by atoms with Gasteiger partial charge in [-0.2, -0.15) is 0 Å². The lowest BCUT2D eigenvalue weighted by molar-refractivity contribution is 0.105. The van der Waals surface area contributed by atoms with E-state index < -0.39 is 10.8 Å². The lowest BCUT2D eigenvalue weighted by Crippen LogP contribution is -2.04. The molecule has 1 heterocycles. The van der Waals surface area contributed by atoms with Gasteiger partial charge < -0.3 is 9.84 Å². The number of hydrogen-bond donors (Lipinski definition) is 1. The van der Waals surface area contributed by atoms with Crippen LogP contribution in [0.3, 0.4) is 0 Å². The minimum atomic E-state index is -1.56. The number of ether oxygens (including phenoxy) is 1. The number of Topliss-reactive ketones (excluding diaryl/α,β-unsaturated/α-hetero) is 1. The molecule has 1 aliphatic heterocycles. The quantitative estimate of drug-likeness (QED) is 0.359. The van der Waals surface area contributed by atoms with Crippen LogP contribution < -0.4 is 4.74 Å². The Morgan fingerprint density at radius 3 is 2.42 bits per heavy atom. The normalized spacial score (nSPS) is 15.1. The van der Waals surface area contributed by atoms with Gasteiger partial charge in [0.2, 0.25) is 0 Å². The van der Waals surface area contributed by atoms with Gasteiger partial charge in [-0.3, -0.25) is 4.79 Å². The molecule has 0 bridgehead atoms. The summed E-state index contributed by atoms with van der Waals surface area (Å²) >= 11 is 0. The highest BCUT2D eigenvalue weighted by molar-refractivity contribution is 7.95. The third kappa shape index (κ3) is 4.32. The average molecular weight is 433 g/mol. The lowest BCUT2D eigenvalue weighted by Gasteiger charge is -2.09. The number of rotatable bonds is 8. The third-order valence-electron chi connectivity index (χ3n) is 5.24. The second-order valence-electron chi connectivity index (χ2n) is 7.43. The maximum absolute atomic E-state index is 13.5. The number of phenolic OH excluding ortho intramolecular Hbond substituents is 1. The second kappa shape index (κ2) is 9.31. The van der Waals surface area contributed by atoms with Gasteiger partial charge >= 0.3 is 0 Å². The molecule has 0 spiro atoms. The number of phenols is 1. The number of allylic oxidation sites excluding steroid dienone is 1. The van der Waals surface area contributed by atoms with Crippen molar-refractivity contribution in [2.24, 2.45) is 0 Å². The molecule has 0 radical (unpaired) electrons. The highest BCUT2D eigenvalue weighted by atomic mass is 32.2. The van der Waals surface area contributed by atoms with Crippen molar-refractivity contribution in [3.8, 4) is 11.5 Å². The predicted molar refractivity (Wildman–Crippen MR) is 124 cm³/mol. The Kier molecular flexibility index (Phi) is 6.33. The number of aromatic hydroxyl groups is 1. The molecular weight excluding hydrogens is 408 g/mol. The first-order valence-corrected chi connectivity index (χ1v) is 11.6. The average Bonchev–Trinajstić information content (AvgIpc) is 3.09. The van der Waals surface area contributed by atoms with Crippen LogP contribution in [-0.4, -0.2) is 21.7 Å². The van der Waals surface area contributed by atoms with Crippen molar-refractivity contribution in [2.75, 3.05) is 6.61 Å². The summed E-state index contributed by atoms with van der Waals surface area (Å²) in [5.74, 6) is 0.553. The topological polar surface area (TPSA) is 63.6 Å². The molecule has 5 heteroatoms. The van der Waals surface area contributed by atoms with E-state index in [1.54, 1.807) is 30.3 Å². The molecule has 1 aliphatic rings. The van der Waals surface area contributed by atoms with Gasteiger partial charge in [0, 0.05) is 16.7 Å². The van der Waals surface area contributed by atoms with Crippen LogP contribution in [-0.2, 0) is 10.8 Å². The molecule has 4 rings (SSSR count). The number of carbonyl (C=O) groups excluding carboxylic acids is 1. The van der Waals surface area contributed by atoms with Crippen molar-refractivity contribution < 1.29 is 18.8 Å². The van der Waals surface area contributed by atoms with Gasteiger partial charge in [-0.25, -0.2) is 4.21 Å². The van der Waals surface area contributed by atoms with Crippen LogP contribution >= 0.6 is 0 Å². The summed E-state index contributed by atoms with van der Waals surface area (Å²) in [6, 6.07) is 21.0. The van der Waals surface area contributed by atoms with Gasteiger partial charge in [-0.05, 0) is 54.4 Å². The molecule has 4 nitrogen and oxygen atoms in total. The van der Waals surface area contributed by atoms with Gasteiger partial charge in [-0.15, -0.1) is 0 Å². The number of hydrogen-bond acceptors (Lipinski definition) is 4. The lowest BCUT2D eigenvalue weighted by atomic mass is 9.94. The zero-order valence-electron chi connectivity index (χ0n) is 17.3. The first kappa shape index (κ1) is 21.1. The van der Waals surface area contributed by atoms with E-state index in [-0.39, 0.29) is 11.5 Å². The first-order chi connectivity index (χ1) is 15.1. The zero-order chi connectivity index (χ0) is 21.8. The highest BCUT2D eigenvalue weighted by Crippen LogP contribution is 2.44. The molecule has 1 unspecified atom stereocenters. The monoisotopic (exact) mass is 432 g/mol. The van der Waals surface area contributed by atoms with E-state index in [4.69, 9.17) is 4.74 Å². The molecule has 31 heavy (non-hydrogen) atoms. The molecule has 158 valence electrons. The fourth-order valence-electron chi connectivity index (χ4n) is 3.65. The number of ketones is 1. The van der Waals surface area contributed by atoms with E-state index in [0.29, 0.717) is 33.1 Å². The summed E-state index contributed by atoms with van der Waals surface area (Å²) in [6.45, 7) is 2.80. The fraction of sp³-hybridized carbons (Fsp3) is 0.192. The zero-order valence-corrected chi connectivity index (χ0v) is 18.2. The SMILES string of the molecule is CCCCCOc1ccc(C(=O)C2=C(c3ccccc3)S(=O)c3cc(O)ccc32)cc1. The van der Waals surface area contributed by atoms with E-state index in [1.165, 1.54) is 12.1 Å². The Bertz CT molecular complexity index is 1150. The molecule has 3 aromatic rings. The number of unbranched alkanes of at least 4 members (excludes halogenated alkanes) is 2. The van der Waals surface area contributed by atoms with Gasteiger partial charge in [0.05, 0.1) is 27.2 Å². The van der Waals surface area contributed by atoms with Crippen molar-refractivity contribution in [1.82, 2.24) is 0 Å². The van der Waals surface area contributed by atoms with Crippen molar-refractivity contribution in [2.45, 2.75) is 31.1 Å². The van der Waals surface area contributed by atoms with Crippen molar-refractivity contribution >= 4 is 27.1 Å². The Morgan fingerprint density at radius 1 is 0.968 bits per heavy atom. The van der Waals surface area contributed by atoms with Crippen LogP contribution in [0.25, 0.3) is 10.5 Å². The Hall–Kier alpha value is -3.18. The molecule has 0 fully saturated rings. The Morgan fingerprint density at radius 2 is 1.71 bits per heavy atom. The van der Waals surface area contributed by atoms with Crippen molar-refractivity contribution in [3.63, 3.8) is 0 Å². The molecule has 0 saturated carbocycles. The Balaban J connectivity index is 1.70. The molecular formula is C26H24O4S. The molecule has 0 aliphatic carbocycles. The van der Waals surface area contributed by atoms with Gasteiger partial charge in [0.25, 0.3) is 0 Å². The number of carbonyl (C=O) groups is 1. The van der Waals surface area contributed by atoms with Gasteiger partial charge in [0.15, 0.2) is 5.78 Å². The molecule has 0 amide bonds. The maximum atomic E-state index is 13.5. The molecule has 3 aromatic carbocycles. The highest BCUT2D eigenvalue weighted by Gasteiger charge is 2.34. The second-order valence-corrected chi connectivity index (χ2v) is 8.81. The largest absolute Gasteiger partial charge is 0.508 e. The van der Waals surface area contributed by atoms with Crippen LogP contribution in [0.2, 0.25) is 0 Å². The molecule has 0 aromatic heterocycles. The standard InChI is InChI=1S/C26H24O4S/c1-2-3-7-16-30-21-13-10-18(11-14-21)25(28)24-22-15-12-20(27)17-23(22)31(29)26(24)19-8-5-4-6-9-19/h4-6,8-15,17,27H,2-3,7,16H2,1H3. The van der Waals surface area contributed by atoms with Crippen LogP contribution in [0.1, 0.15) is 47.7 Å². The summed E-state index contributed by atoms with van der Waals surface area (Å²) in [7, 11) is -1.56. The van der Waals surface area contributed by atoms with Crippen molar-refractivity contribution in [1.29, 1.82) is 0 Å². The first-order valence-electron chi connectivity index (χ1n) is 10.4. The van der Waals surface area contributed by atoms with E-state index in [2.05, 4.69) is 6.92 Å². The van der Waals surface area contributed by atoms with E-state index in [1.807, 2.05) is 30.3 Å². The van der Waals surface area contributed by atoms with E-state index in [0.717, 1.165) is 30.6 Å². The van der Waals surface area contributed by atoms with Crippen LogP contribution in [0.4, 0.5) is 0 Å². The minimum Gasteiger partial charge on any atom is -0.508 e. The van der Waals surface area contributed by atoms with Crippen LogP contribution in [0.5, 0.6) is 11.5 Å². The number of benzene rings is 3. The predicted octanol–water partition coefficient (Wildman–Crippen LogP) is 5.83.